The number of aromatic amines is 1. The minimum atomic E-state index is -0.430. The van der Waals surface area contributed by atoms with E-state index in [0.717, 1.165) is 48.2 Å². The highest BCUT2D eigenvalue weighted by molar-refractivity contribution is 6.61. The highest BCUT2D eigenvalue weighted by Crippen LogP contribution is 2.30. The van der Waals surface area contributed by atoms with Crippen LogP contribution in [-0.4, -0.2) is 35.9 Å². The van der Waals surface area contributed by atoms with E-state index in [9.17, 15) is 0 Å². The summed E-state index contributed by atoms with van der Waals surface area (Å²) in [4.78, 5) is 8.59. The molecule has 3 heterocycles. The summed E-state index contributed by atoms with van der Waals surface area (Å²) in [7, 11) is -0.430. The summed E-state index contributed by atoms with van der Waals surface area (Å²) in [5.41, 5.74) is 4.98. The third-order valence-corrected chi connectivity index (χ3v) is 5.65. The maximum Gasteiger partial charge on any atom is 0.511 e. The van der Waals surface area contributed by atoms with Crippen LogP contribution >= 0.6 is 0 Å². The van der Waals surface area contributed by atoms with Crippen LogP contribution in [0.3, 0.4) is 0 Å². The van der Waals surface area contributed by atoms with Gasteiger partial charge in [-0.3, -0.25) is 0 Å². The minimum Gasteiger partial charge on any atom is -0.407 e. The summed E-state index contributed by atoms with van der Waals surface area (Å²) >= 11 is 0. The lowest BCUT2D eigenvalue weighted by atomic mass is 9.77. The molecule has 1 atom stereocenters. The fourth-order valence-electron chi connectivity index (χ4n) is 3.74. The molecule has 1 aliphatic heterocycles. The van der Waals surface area contributed by atoms with Crippen molar-refractivity contribution in [2.75, 3.05) is 13.2 Å². The van der Waals surface area contributed by atoms with Gasteiger partial charge in [0.05, 0.1) is 28.4 Å². The molecule has 154 valence electrons. The van der Waals surface area contributed by atoms with Crippen LogP contribution in [0.25, 0.3) is 11.0 Å². The SMILES string of the molecule is CCOB(OC(C)(C)CC)c1[nH]c2ccc(C3CCCCO3)nc2c1C(C)C. The van der Waals surface area contributed by atoms with Gasteiger partial charge in [-0.1, -0.05) is 20.8 Å². The van der Waals surface area contributed by atoms with Crippen molar-refractivity contribution in [1.82, 2.24) is 9.97 Å². The van der Waals surface area contributed by atoms with Gasteiger partial charge in [0.25, 0.3) is 0 Å². The Bertz CT molecular complexity index is 781. The fraction of sp³-hybridized carbons (Fsp3) is 0.682. The Labute approximate surface area is 169 Å². The third-order valence-electron chi connectivity index (χ3n) is 5.65. The second-order valence-corrected chi connectivity index (χ2v) is 8.61. The summed E-state index contributed by atoms with van der Waals surface area (Å²) in [6.45, 7) is 14.2. The van der Waals surface area contributed by atoms with Crippen molar-refractivity contribution in [3.05, 3.63) is 23.4 Å². The molecule has 2 aromatic rings. The lowest BCUT2D eigenvalue weighted by Gasteiger charge is -2.28. The highest BCUT2D eigenvalue weighted by Gasteiger charge is 2.34. The van der Waals surface area contributed by atoms with Crippen LogP contribution in [0.4, 0.5) is 0 Å². The largest absolute Gasteiger partial charge is 0.511 e. The van der Waals surface area contributed by atoms with Gasteiger partial charge in [-0.05, 0) is 70.1 Å². The molecule has 0 saturated carbocycles. The average Bonchev–Trinajstić information content (AvgIpc) is 3.07. The Morgan fingerprint density at radius 3 is 2.68 bits per heavy atom. The van der Waals surface area contributed by atoms with E-state index in [1.54, 1.807) is 0 Å². The first-order chi connectivity index (χ1) is 13.4. The van der Waals surface area contributed by atoms with E-state index < -0.39 is 7.12 Å². The molecule has 1 N–H and O–H groups in total. The first-order valence-corrected chi connectivity index (χ1v) is 10.8. The number of nitrogens with one attached hydrogen (secondary N) is 1. The minimum absolute atomic E-state index is 0.106. The van der Waals surface area contributed by atoms with Crippen molar-refractivity contribution < 1.29 is 14.0 Å². The molecule has 1 aliphatic rings. The molecule has 3 rings (SSSR count). The molecular weight excluding hydrogens is 351 g/mol. The van der Waals surface area contributed by atoms with Gasteiger partial charge in [-0.2, -0.15) is 0 Å². The number of nitrogens with zero attached hydrogens (tertiary/aromatic N) is 1. The van der Waals surface area contributed by atoms with Crippen molar-refractivity contribution in [2.45, 2.75) is 84.8 Å². The average molecular weight is 386 g/mol. The van der Waals surface area contributed by atoms with Crippen LogP contribution in [0, 0.1) is 0 Å². The molecule has 1 fully saturated rings. The van der Waals surface area contributed by atoms with Crippen LogP contribution in [0.15, 0.2) is 12.1 Å². The zero-order valence-corrected chi connectivity index (χ0v) is 18.3. The molecule has 0 bridgehead atoms. The van der Waals surface area contributed by atoms with Gasteiger partial charge in [0.15, 0.2) is 0 Å². The van der Waals surface area contributed by atoms with Crippen LogP contribution in [-0.2, 0) is 14.0 Å². The van der Waals surface area contributed by atoms with Gasteiger partial charge >= 0.3 is 7.12 Å². The summed E-state index contributed by atoms with van der Waals surface area (Å²) < 4.78 is 18.4. The van der Waals surface area contributed by atoms with Gasteiger partial charge in [0, 0.05) is 18.8 Å². The van der Waals surface area contributed by atoms with Gasteiger partial charge in [-0.25, -0.2) is 4.98 Å². The molecule has 0 spiro atoms. The topological polar surface area (TPSA) is 56.4 Å². The molecule has 0 radical (unpaired) electrons. The standard InChI is InChI=1S/C22H35BN2O3/c1-7-22(5,6)28-23(27-8-2)21-19(15(3)4)20-17(25-21)13-12-16(24-20)18-11-9-10-14-26-18/h12-13,15,18,25H,7-11,14H2,1-6H3. The summed E-state index contributed by atoms with van der Waals surface area (Å²) in [6, 6.07) is 4.22. The maximum absolute atomic E-state index is 6.37. The fourth-order valence-corrected chi connectivity index (χ4v) is 3.74. The van der Waals surface area contributed by atoms with Crippen LogP contribution < -0.4 is 5.59 Å². The molecule has 1 saturated heterocycles. The van der Waals surface area contributed by atoms with Gasteiger partial charge < -0.3 is 19.0 Å². The number of ether oxygens (including phenoxy) is 1. The number of rotatable bonds is 8. The van der Waals surface area contributed by atoms with E-state index in [-0.39, 0.29) is 11.7 Å². The molecule has 0 amide bonds. The lowest BCUT2D eigenvalue weighted by molar-refractivity contribution is 0.0125. The summed E-state index contributed by atoms with van der Waals surface area (Å²) in [6.07, 6.45) is 4.41. The Hall–Kier alpha value is -1.37. The van der Waals surface area contributed by atoms with Crippen molar-refractivity contribution in [3.8, 4) is 0 Å². The third kappa shape index (κ3) is 4.61. The van der Waals surface area contributed by atoms with Crippen molar-refractivity contribution in [1.29, 1.82) is 0 Å². The molecule has 2 aromatic heterocycles. The van der Waals surface area contributed by atoms with E-state index in [2.05, 4.69) is 51.7 Å². The number of hydrogen-bond donors (Lipinski definition) is 1. The first-order valence-electron chi connectivity index (χ1n) is 10.8. The van der Waals surface area contributed by atoms with Crippen molar-refractivity contribution >= 4 is 23.7 Å². The van der Waals surface area contributed by atoms with Gasteiger partial charge in [0.1, 0.15) is 0 Å². The molecule has 6 heteroatoms. The predicted octanol–water partition coefficient (Wildman–Crippen LogP) is 4.86. The Balaban J connectivity index is 2.04. The number of hydrogen-bond acceptors (Lipinski definition) is 4. The van der Waals surface area contributed by atoms with E-state index in [1.165, 1.54) is 12.0 Å². The smallest absolute Gasteiger partial charge is 0.407 e. The van der Waals surface area contributed by atoms with Crippen molar-refractivity contribution in [2.24, 2.45) is 0 Å². The van der Waals surface area contributed by atoms with E-state index in [4.69, 9.17) is 19.0 Å². The molecule has 5 nitrogen and oxygen atoms in total. The molecular formula is C22H35BN2O3. The molecule has 28 heavy (non-hydrogen) atoms. The van der Waals surface area contributed by atoms with Crippen LogP contribution in [0.5, 0.6) is 0 Å². The summed E-state index contributed by atoms with van der Waals surface area (Å²) in [5, 5.41) is 0. The summed E-state index contributed by atoms with van der Waals surface area (Å²) in [5.74, 6) is 0.301. The normalized spacial score (nSPS) is 18.2. The van der Waals surface area contributed by atoms with Gasteiger partial charge in [-0.15, -0.1) is 0 Å². The number of pyridine rings is 1. The zero-order valence-electron chi connectivity index (χ0n) is 18.3. The van der Waals surface area contributed by atoms with Crippen molar-refractivity contribution in [3.63, 3.8) is 0 Å². The molecule has 1 unspecified atom stereocenters. The van der Waals surface area contributed by atoms with Gasteiger partial charge in [0.2, 0.25) is 0 Å². The zero-order chi connectivity index (χ0) is 20.3. The van der Waals surface area contributed by atoms with E-state index in [1.807, 2.05) is 6.92 Å². The Morgan fingerprint density at radius 1 is 1.29 bits per heavy atom. The number of H-pyrrole nitrogens is 1. The van der Waals surface area contributed by atoms with E-state index in [0.29, 0.717) is 12.5 Å². The molecule has 0 aromatic carbocycles. The molecule has 0 aliphatic carbocycles. The monoisotopic (exact) mass is 386 g/mol. The van der Waals surface area contributed by atoms with Crippen LogP contribution in [0.2, 0.25) is 0 Å². The first kappa shape index (κ1) is 21.3. The highest BCUT2D eigenvalue weighted by atomic mass is 16.6. The quantitative estimate of drug-likeness (QED) is 0.658. The maximum atomic E-state index is 6.37. The van der Waals surface area contributed by atoms with E-state index >= 15 is 0 Å². The Kier molecular flexibility index (Phi) is 6.84. The van der Waals surface area contributed by atoms with Crippen LogP contribution in [0.1, 0.15) is 90.5 Å². The number of fused-ring (bicyclic) bond motifs is 1. The second-order valence-electron chi connectivity index (χ2n) is 8.61. The number of aromatic nitrogens is 2. The second kappa shape index (κ2) is 8.97. The lowest BCUT2D eigenvalue weighted by Crippen LogP contribution is -2.46. The Morgan fingerprint density at radius 2 is 2.07 bits per heavy atom. The predicted molar refractivity (Wildman–Crippen MR) is 115 cm³/mol.